The number of carbonyl (C=O) groups is 1. The fraction of sp³-hybridized carbons (Fsp3) is 0.250. The summed E-state index contributed by atoms with van der Waals surface area (Å²) in [5, 5.41) is 7.15. The van der Waals surface area contributed by atoms with Crippen molar-refractivity contribution in [1.29, 1.82) is 0 Å². The Kier molecular flexibility index (Phi) is 4.07. The number of carbonyl (C=O) groups excluding carboxylic acids is 1. The standard InChI is InChI=1S/C12H11Cl2N3O2/c1-6(12-16-7(2)17-19-12)15-11(18)9-5-8(13)3-4-10(9)14/h3-6H,1-2H3,(H,15,18)/t6-/m0/s1. The zero-order valence-electron chi connectivity index (χ0n) is 10.3. The van der Waals surface area contributed by atoms with Crippen LogP contribution < -0.4 is 5.32 Å². The third kappa shape index (κ3) is 3.24. The van der Waals surface area contributed by atoms with E-state index in [1.807, 2.05) is 0 Å². The van der Waals surface area contributed by atoms with Crippen molar-refractivity contribution in [3.05, 3.63) is 45.5 Å². The minimum absolute atomic E-state index is 0.303. The van der Waals surface area contributed by atoms with E-state index in [1.54, 1.807) is 26.0 Å². The molecule has 0 bridgehead atoms. The number of amides is 1. The SMILES string of the molecule is Cc1noc([C@H](C)NC(=O)c2cc(Cl)ccc2Cl)n1. The predicted octanol–water partition coefficient (Wildman–Crippen LogP) is 3.18. The molecule has 0 saturated carbocycles. The van der Waals surface area contributed by atoms with Crippen LogP contribution in [0.25, 0.3) is 0 Å². The van der Waals surface area contributed by atoms with Gasteiger partial charge in [-0.1, -0.05) is 28.4 Å². The number of nitrogens with zero attached hydrogens (tertiary/aromatic N) is 2. The number of aryl methyl sites for hydroxylation is 1. The molecule has 5 nitrogen and oxygen atoms in total. The van der Waals surface area contributed by atoms with Crippen molar-refractivity contribution in [2.24, 2.45) is 0 Å². The van der Waals surface area contributed by atoms with Gasteiger partial charge in [0.2, 0.25) is 5.89 Å². The Bertz CT molecular complexity index is 613. The summed E-state index contributed by atoms with van der Waals surface area (Å²) >= 11 is 11.8. The Hall–Kier alpha value is -1.59. The maximum Gasteiger partial charge on any atom is 0.253 e. The smallest absolute Gasteiger partial charge is 0.253 e. The molecule has 0 spiro atoms. The highest BCUT2D eigenvalue weighted by Gasteiger charge is 2.18. The Balaban J connectivity index is 2.15. The first kappa shape index (κ1) is 13.8. The Labute approximate surface area is 119 Å². The van der Waals surface area contributed by atoms with Gasteiger partial charge in [0, 0.05) is 5.02 Å². The third-order valence-electron chi connectivity index (χ3n) is 2.43. The summed E-state index contributed by atoms with van der Waals surface area (Å²) in [5.41, 5.74) is 0.303. The summed E-state index contributed by atoms with van der Waals surface area (Å²) in [6.45, 7) is 3.44. The van der Waals surface area contributed by atoms with E-state index in [1.165, 1.54) is 6.07 Å². The Morgan fingerprint density at radius 2 is 2.16 bits per heavy atom. The Morgan fingerprint density at radius 3 is 2.79 bits per heavy atom. The summed E-state index contributed by atoms with van der Waals surface area (Å²) in [5.74, 6) is 0.497. The summed E-state index contributed by atoms with van der Waals surface area (Å²) in [6.07, 6.45) is 0. The molecule has 1 aromatic carbocycles. The van der Waals surface area contributed by atoms with Crippen LogP contribution in [0.5, 0.6) is 0 Å². The number of rotatable bonds is 3. The van der Waals surface area contributed by atoms with Crippen molar-refractivity contribution in [2.45, 2.75) is 19.9 Å². The highest BCUT2D eigenvalue weighted by atomic mass is 35.5. The molecule has 100 valence electrons. The van der Waals surface area contributed by atoms with Crippen LogP contribution >= 0.6 is 23.2 Å². The van der Waals surface area contributed by atoms with E-state index in [4.69, 9.17) is 27.7 Å². The first-order valence-electron chi connectivity index (χ1n) is 5.53. The fourth-order valence-electron chi connectivity index (χ4n) is 1.50. The molecule has 0 saturated heterocycles. The molecule has 1 amide bonds. The van der Waals surface area contributed by atoms with Gasteiger partial charge in [0.1, 0.15) is 6.04 Å². The summed E-state index contributed by atoms with van der Waals surface area (Å²) in [4.78, 5) is 16.1. The van der Waals surface area contributed by atoms with Gasteiger partial charge < -0.3 is 9.84 Å². The molecule has 1 aromatic heterocycles. The number of hydrogen-bond acceptors (Lipinski definition) is 4. The van der Waals surface area contributed by atoms with Crippen LogP contribution in [0.2, 0.25) is 10.0 Å². The van der Waals surface area contributed by atoms with Crippen LogP contribution in [0.1, 0.15) is 35.0 Å². The lowest BCUT2D eigenvalue weighted by molar-refractivity contribution is 0.0932. The van der Waals surface area contributed by atoms with Gasteiger partial charge in [0.25, 0.3) is 5.91 Å². The number of benzene rings is 1. The molecule has 0 unspecified atom stereocenters. The van der Waals surface area contributed by atoms with Gasteiger partial charge in [-0.3, -0.25) is 4.79 Å². The van der Waals surface area contributed by atoms with Crippen LogP contribution in [0, 0.1) is 6.92 Å². The van der Waals surface area contributed by atoms with Gasteiger partial charge in [-0.25, -0.2) is 0 Å². The quantitative estimate of drug-likeness (QED) is 0.945. The second kappa shape index (κ2) is 5.59. The third-order valence-corrected chi connectivity index (χ3v) is 3.00. The maximum absolute atomic E-state index is 12.1. The molecule has 1 N–H and O–H groups in total. The first-order chi connectivity index (χ1) is 8.97. The monoisotopic (exact) mass is 299 g/mol. The molecule has 2 rings (SSSR count). The summed E-state index contributed by atoms with van der Waals surface area (Å²) < 4.78 is 4.98. The minimum atomic E-state index is -0.413. The van der Waals surface area contributed by atoms with E-state index >= 15 is 0 Å². The molecule has 1 atom stereocenters. The molecule has 1 heterocycles. The Morgan fingerprint density at radius 1 is 1.42 bits per heavy atom. The van der Waals surface area contributed by atoms with Gasteiger partial charge in [-0.2, -0.15) is 4.98 Å². The van der Waals surface area contributed by atoms with E-state index in [2.05, 4.69) is 15.5 Å². The van der Waals surface area contributed by atoms with Crippen molar-refractivity contribution in [2.75, 3.05) is 0 Å². The van der Waals surface area contributed by atoms with Crippen molar-refractivity contribution < 1.29 is 9.32 Å². The molecule has 0 fully saturated rings. The molecule has 0 radical (unpaired) electrons. The van der Waals surface area contributed by atoms with E-state index in [0.29, 0.717) is 27.3 Å². The van der Waals surface area contributed by atoms with Gasteiger partial charge in [0.15, 0.2) is 5.82 Å². The lowest BCUT2D eigenvalue weighted by Crippen LogP contribution is -2.27. The molecule has 7 heteroatoms. The van der Waals surface area contributed by atoms with Crippen molar-refractivity contribution in [3.8, 4) is 0 Å². The average Bonchev–Trinajstić information content (AvgIpc) is 2.79. The summed E-state index contributed by atoms with van der Waals surface area (Å²) in [6, 6.07) is 4.28. The molecule has 0 aliphatic carbocycles. The van der Waals surface area contributed by atoms with Crippen molar-refractivity contribution >= 4 is 29.1 Å². The minimum Gasteiger partial charge on any atom is -0.340 e. The highest BCUT2D eigenvalue weighted by molar-refractivity contribution is 6.35. The molecular formula is C12H11Cl2N3O2. The number of nitrogens with one attached hydrogen (secondary N) is 1. The van der Waals surface area contributed by atoms with E-state index in [9.17, 15) is 4.79 Å². The van der Waals surface area contributed by atoms with Gasteiger partial charge in [-0.15, -0.1) is 0 Å². The predicted molar refractivity (Wildman–Crippen MR) is 71.4 cm³/mol. The van der Waals surface area contributed by atoms with Gasteiger partial charge in [0.05, 0.1) is 10.6 Å². The normalized spacial score (nSPS) is 12.2. The topological polar surface area (TPSA) is 68.0 Å². The van der Waals surface area contributed by atoms with Gasteiger partial charge in [-0.05, 0) is 32.0 Å². The number of hydrogen-bond donors (Lipinski definition) is 1. The molecule has 19 heavy (non-hydrogen) atoms. The first-order valence-corrected chi connectivity index (χ1v) is 6.29. The zero-order valence-corrected chi connectivity index (χ0v) is 11.8. The van der Waals surface area contributed by atoms with E-state index in [0.717, 1.165) is 0 Å². The maximum atomic E-state index is 12.1. The van der Waals surface area contributed by atoms with Crippen molar-refractivity contribution in [1.82, 2.24) is 15.5 Å². The largest absolute Gasteiger partial charge is 0.340 e. The lowest BCUT2D eigenvalue weighted by atomic mass is 10.2. The zero-order chi connectivity index (χ0) is 14.0. The second-order valence-corrected chi connectivity index (χ2v) is 4.84. The van der Waals surface area contributed by atoms with Crippen molar-refractivity contribution in [3.63, 3.8) is 0 Å². The number of aromatic nitrogens is 2. The summed E-state index contributed by atoms with van der Waals surface area (Å²) in [7, 11) is 0. The number of halogens is 2. The molecule has 0 aliphatic heterocycles. The second-order valence-electron chi connectivity index (χ2n) is 4.00. The van der Waals surface area contributed by atoms with Crippen LogP contribution in [0.15, 0.2) is 22.7 Å². The van der Waals surface area contributed by atoms with Crippen LogP contribution in [0.3, 0.4) is 0 Å². The highest BCUT2D eigenvalue weighted by Crippen LogP contribution is 2.21. The average molecular weight is 300 g/mol. The van der Waals surface area contributed by atoms with E-state index < -0.39 is 6.04 Å². The molecule has 0 aliphatic rings. The molecule has 2 aromatic rings. The molecular weight excluding hydrogens is 289 g/mol. The van der Waals surface area contributed by atoms with E-state index in [-0.39, 0.29) is 5.91 Å². The lowest BCUT2D eigenvalue weighted by Gasteiger charge is -2.10. The van der Waals surface area contributed by atoms with Crippen LogP contribution in [0.4, 0.5) is 0 Å². The van der Waals surface area contributed by atoms with Crippen LogP contribution in [-0.2, 0) is 0 Å². The van der Waals surface area contributed by atoms with Crippen LogP contribution in [-0.4, -0.2) is 16.0 Å². The fourth-order valence-corrected chi connectivity index (χ4v) is 1.87. The van der Waals surface area contributed by atoms with Gasteiger partial charge >= 0.3 is 0 Å².